The van der Waals surface area contributed by atoms with Crippen molar-refractivity contribution in [1.82, 2.24) is 20.3 Å². The highest BCUT2D eigenvalue weighted by atomic mass is 15.4. The predicted molar refractivity (Wildman–Crippen MR) is 72.4 cm³/mol. The van der Waals surface area contributed by atoms with Gasteiger partial charge in [-0.05, 0) is 24.1 Å². The molecule has 0 radical (unpaired) electrons. The molecule has 1 N–H and O–H groups in total. The van der Waals surface area contributed by atoms with Crippen LogP contribution < -0.4 is 5.32 Å². The van der Waals surface area contributed by atoms with E-state index >= 15 is 0 Å². The minimum atomic E-state index is 0.131. The van der Waals surface area contributed by atoms with Crippen molar-refractivity contribution in [3.63, 3.8) is 0 Å². The first-order chi connectivity index (χ1) is 8.63. The summed E-state index contributed by atoms with van der Waals surface area (Å²) in [6.07, 6.45) is 1.80. The van der Waals surface area contributed by atoms with Gasteiger partial charge < -0.3 is 5.32 Å². The van der Waals surface area contributed by atoms with Crippen LogP contribution in [0, 0.1) is 0 Å². The molecule has 0 saturated heterocycles. The first kappa shape index (κ1) is 12.8. The summed E-state index contributed by atoms with van der Waals surface area (Å²) in [4.78, 5) is 0. The van der Waals surface area contributed by atoms with E-state index in [0.29, 0.717) is 5.92 Å². The summed E-state index contributed by atoms with van der Waals surface area (Å²) in [5.41, 5.74) is 3.65. The van der Waals surface area contributed by atoms with Crippen molar-refractivity contribution in [2.75, 3.05) is 7.05 Å². The maximum Gasteiger partial charge on any atom is 0.0798 e. The molecule has 0 spiro atoms. The molecule has 1 aromatic carbocycles. The van der Waals surface area contributed by atoms with Crippen LogP contribution in [0.5, 0.6) is 0 Å². The SMILES string of the molecule is CNC(c1ccc(C(C)C)cc1)c1cnnn1C. The molecule has 0 bridgehead atoms. The summed E-state index contributed by atoms with van der Waals surface area (Å²) >= 11 is 0. The fraction of sp³-hybridized carbons (Fsp3) is 0.429. The summed E-state index contributed by atoms with van der Waals surface area (Å²) in [7, 11) is 3.86. The van der Waals surface area contributed by atoms with Crippen molar-refractivity contribution >= 4 is 0 Å². The summed E-state index contributed by atoms with van der Waals surface area (Å²) < 4.78 is 1.80. The Morgan fingerprint density at radius 1 is 1.11 bits per heavy atom. The van der Waals surface area contributed by atoms with Gasteiger partial charge in [0.05, 0.1) is 17.9 Å². The van der Waals surface area contributed by atoms with E-state index in [1.165, 1.54) is 11.1 Å². The maximum atomic E-state index is 3.98. The van der Waals surface area contributed by atoms with Crippen LogP contribution in [0.3, 0.4) is 0 Å². The fourth-order valence-corrected chi connectivity index (χ4v) is 2.12. The van der Waals surface area contributed by atoms with Gasteiger partial charge in [-0.15, -0.1) is 5.10 Å². The number of aryl methyl sites for hydroxylation is 1. The molecular formula is C14H20N4. The molecule has 0 amide bonds. The van der Waals surface area contributed by atoms with Crippen LogP contribution in [0.4, 0.5) is 0 Å². The van der Waals surface area contributed by atoms with Crippen LogP contribution in [0.15, 0.2) is 30.5 Å². The van der Waals surface area contributed by atoms with E-state index in [2.05, 4.69) is 53.7 Å². The van der Waals surface area contributed by atoms with E-state index < -0.39 is 0 Å². The van der Waals surface area contributed by atoms with E-state index in [1.807, 2.05) is 14.1 Å². The molecular weight excluding hydrogens is 224 g/mol. The lowest BCUT2D eigenvalue weighted by Gasteiger charge is -2.17. The van der Waals surface area contributed by atoms with E-state index in [1.54, 1.807) is 10.9 Å². The van der Waals surface area contributed by atoms with Crippen LogP contribution >= 0.6 is 0 Å². The van der Waals surface area contributed by atoms with Crippen molar-refractivity contribution in [1.29, 1.82) is 0 Å². The summed E-state index contributed by atoms with van der Waals surface area (Å²) in [6.45, 7) is 4.41. The molecule has 0 fully saturated rings. The smallest absolute Gasteiger partial charge is 0.0798 e. The first-order valence-corrected chi connectivity index (χ1v) is 6.25. The number of hydrogen-bond donors (Lipinski definition) is 1. The minimum Gasteiger partial charge on any atom is -0.308 e. The molecule has 1 heterocycles. The fourth-order valence-electron chi connectivity index (χ4n) is 2.12. The van der Waals surface area contributed by atoms with Gasteiger partial charge in [0.1, 0.15) is 0 Å². The third kappa shape index (κ3) is 2.43. The largest absolute Gasteiger partial charge is 0.308 e. The van der Waals surface area contributed by atoms with Crippen LogP contribution in [0.25, 0.3) is 0 Å². The molecule has 4 heteroatoms. The number of aromatic nitrogens is 3. The highest BCUT2D eigenvalue weighted by Crippen LogP contribution is 2.22. The summed E-state index contributed by atoms with van der Waals surface area (Å²) in [6, 6.07) is 8.85. The summed E-state index contributed by atoms with van der Waals surface area (Å²) in [5.74, 6) is 0.561. The second-order valence-corrected chi connectivity index (χ2v) is 4.83. The third-order valence-electron chi connectivity index (χ3n) is 3.27. The Morgan fingerprint density at radius 3 is 2.17 bits per heavy atom. The Morgan fingerprint density at radius 2 is 1.72 bits per heavy atom. The number of nitrogens with one attached hydrogen (secondary N) is 1. The molecule has 0 saturated carbocycles. The van der Waals surface area contributed by atoms with Gasteiger partial charge in [0.2, 0.25) is 0 Å². The van der Waals surface area contributed by atoms with E-state index in [-0.39, 0.29) is 6.04 Å². The van der Waals surface area contributed by atoms with Crippen molar-refractivity contribution in [2.45, 2.75) is 25.8 Å². The quantitative estimate of drug-likeness (QED) is 0.897. The lowest BCUT2D eigenvalue weighted by atomic mass is 9.98. The van der Waals surface area contributed by atoms with Crippen LogP contribution in [0.2, 0.25) is 0 Å². The second kappa shape index (κ2) is 5.31. The Labute approximate surface area is 108 Å². The molecule has 0 aliphatic carbocycles. The van der Waals surface area contributed by atoms with Crippen molar-refractivity contribution in [3.8, 4) is 0 Å². The minimum absolute atomic E-state index is 0.131. The molecule has 1 atom stereocenters. The van der Waals surface area contributed by atoms with Crippen molar-refractivity contribution in [2.24, 2.45) is 7.05 Å². The Bertz CT molecular complexity index is 499. The Hall–Kier alpha value is -1.68. The predicted octanol–water partition coefficient (Wildman–Crippen LogP) is 2.25. The number of rotatable bonds is 4. The molecule has 1 unspecified atom stereocenters. The van der Waals surface area contributed by atoms with Crippen LogP contribution in [0.1, 0.15) is 42.6 Å². The molecule has 0 aliphatic rings. The lowest BCUT2D eigenvalue weighted by Crippen LogP contribution is -2.20. The second-order valence-electron chi connectivity index (χ2n) is 4.83. The van der Waals surface area contributed by atoms with Gasteiger partial charge in [-0.1, -0.05) is 43.3 Å². The molecule has 2 aromatic rings. The number of benzene rings is 1. The van der Waals surface area contributed by atoms with E-state index in [0.717, 1.165) is 5.69 Å². The molecule has 2 rings (SSSR count). The summed E-state index contributed by atoms with van der Waals surface area (Å²) in [5, 5.41) is 11.2. The van der Waals surface area contributed by atoms with Gasteiger partial charge in [-0.25, -0.2) is 0 Å². The number of hydrogen-bond acceptors (Lipinski definition) is 3. The highest BCUT2D eigenvalue weighted by Gasteiger charge is 2.16. The monoisotopic (exact) mass is 244 g/mol. The van der Waals surface area contributed by atoms with Gasteiger partial charge >= 0.3 is 0 Å². The van der Waals surface area contributed by atoms with Gasteiger partial charge in [0.15, 0.2) is 0 Å². The molecule has 96 valence electrons. The third-order valence-corrected chi connectivity index (χ3v) is 3.27. The van der Waals surface area contributed by atoms with Crippen LogP contribution in [-0.2, 0) is 7.05 Å². The normalized spacial score (nSPS) is 12.9. The maximum absolute atomic E-state index is 3.98. The number of nitrogens with zero attached hydrogens (tertiary/aromatic N) is 3. The van der Waals surface area contributed by atoms with Crippen molar-refractivity contribution < 1.29 is 0 Å². The van der Waals surface area contributed by atoms with Gasteiger partial charge in [-0.3, -0.25) is 4.68 Å². The average Bonchev–Trinajstić information content (AvgIpc) is 2.78. The topological polar surface area (TPSA) is 42.7 Å². The zero-order valence-corrected chi connectivity index (χ0v) is 11.4. The Balaban J connectivity index is 2.31. The molecule has 0 aliphatic heterocycles. The van der Waals surface area contributed by atoms with Gasteiger partial charge in [-0.2, -0.15) is 0 Å². The molecule has 4 nitrogen and oxygen atoms in total. The van der Waals surface area contributed by atoms with E-state index in [9.17, 15) is 0 Å². The Kier molecular flexibility index (Phi) is 3.77. The zero-order chi connectivity index (χ0) is 13.1. The van der Waals surface area contributed by atoms with Gasteiger partial charge in [0.25, 0.3) is 0 Å². The highest BCUT2D eigenvalue weighted by molar-refractivity contribution is 5.31. The molecule has 18 heavy (non-hydrogen) atoms. The first-order valence-electron chi connectivity index (χ1n) is 6.25. The van der Waals surface area contributed by atoms with Gasteiger partial charge in [0, 0.05) is 7.05 Å². The van der Waals surface area contributed by atoms with Crippen molar-refractivity contribution in [3.05, 3.63) is 47.3 Å². The average molecular weight is 244 g/mol. The molecule has 1 aromatic heterocycles. The van der Waals surface area contributed by atoms with E-state index in [4.69, 9.17) is 0 Å². The van der Waals surface area contributed by atoms with Crippen LogP contribution in [-0.4, -0.2) is 22.0 Å². The lowest BCUT2D eigenvalue weighted by molar-refractivity contribution is 0.597. The zero-order valence-electron chi connectivity index (χ0n) is 11.4. The standard InChI is InChI=1S/C14H20N4/c1-10(2)11-5-7-12(8-6-11)14(15-3)13-9-16-17-18(13)4/h5-10,14-15H,1-4H3.